The quantitative estimate of drug-likeness (QED) is 0.889. The average Bonchev–Trinajstić information content (AvgIpc) is 2.53. The van der Waals surface area contributed by atoms with Gasteiger partial charge in [-0.3, -0.25) is 4.90 Å². The van der Waals surface area contributed by atoms with Crippen LogP contribution in [0.15, 0.2) is 12.1 Å². The van der Waals surface area contributed by atoms with Gasteiger partial charge < -0.3 is 19.5 Å². The first-order valence-electron chi connectivity index (χ1n) is 6.96. The van der Waals surface area contributed by atoms with Crippen LogP contribution in [0.3, 0.4) is 0 Å². The van der Waals surface area contributed by atoms with Gasteiger partial charge in [0.2, 0.25) is 5.75 Å². The number of nitrogens with one attached hydrogen (secondary N) is 1. The molecule has 0 radical (unpaired) electrons. The Bertz CT molecular complexity index is 445. The Morgan fingerprint density at radius 2 is 1.65 bits per heavy atom. The Morgan fingerprint density at radius 3 is 2.20 bits per heavy atom. The van der Waals surface area contributed by atoms with E-state index in [9.17, 15) is 0 Å². The smallest absolute Gasteiger partial charge is 0.203 e. The molecule has 1 aliphatic rings. The standard InChI is InChI=1S/C15H24N2O3/c1-11(17-9-7-16-8-10-17)12-5-6-13(18-2)15(20-4)14(12)19-3/h5-6,11,16H,7-10H2,1-4H3/t11-/m0/s1. The van der Waals surface area contributed by atoms with Gasteiger partial charge in [-0.1, -0.05) is 0 Å². The summed E-state index contributed by atoms with van der Waals surface area (Å²) in [4.78, 5) is 2.44. The molecule has 1 atom stereocenters. The van der Waals surface area contributed by atoms with Crippen molar-refractivity contribution >= 4 is 0 Å². The minimum atomic E-state index is 0.284. The summed E-state index contributed by atoms with van der Waals surface area (Å²) in [6, 6.07) is 4.29. The zero-order valence-corrected chi connectivity index (χ0v) is 12.7. The van der Waals surface area contributed by atoms with Crippen LogP contribution < -0.4 is 19.5 Å². The number of ether oxygens (including phenoxy) is 3. The molecule has 5 nitrogen and oxygen atoms in total. The minimum Gasteiger partial charge on any atom is -0.493 e. The van der Waals surface area contributed by atoms with E-state index in [-0.39, 0.29) is 6.04 Å². The number of benzene rings is 1. The van der Waals surface area contributed by atoms with E-state index in [0.29, 0.717) is 11.5 Å². The van der Waals surface area contributed by atoms with Crippen molar-refractivity contribution < 1.29 is 14.2 Å². The Labute approximate surface area is 120 Å². The Kier molecular flexibility index (Phi) is 5.09. The summed E-state index contributed by atoms with van der Waals surface area (Å²) in [5.41, 5.74) is 1.13. The van der Waals surface area contributed by atoms with E-state index in [4.69, 9.17) is 14.2 Å². The van der Waals surface area contributed by atoms with E-state index in [0.717, 1.165) is 37.5 Å². The molecule has 0 bridgehead atoms. The van der Waals surface area contributed by atoms with Gasteiger partial charge in [-0.2, -0.15) is 0 Å². The van der Waals surface area contributed by atoms with Gasteiger partial charge in [-0.05, 0) is 19.1 Å². The molecule has 1 fully saturated rings. The van der Waals surface area contributed by atoms with Gasteiger partial charge in [0, 0.05) is 37.8 Å². The highest BCUT2D eigenvalue weighted by atomic mass is 16.5. The molecule has 1 aromatic carbocycles. The maximum absolute atomic E-state index is 5.57. The summed E-state index contributed by atoms with van der Waals surface area (Å²) in [7, 11) is 4.95. The van der Waals surface area contributed by atoms with Crippen LogP contribution >= 0.6 is 0 Å². The number of rotatable bonds is 5. The van der Waals surface area contributed by atoms with Gasteiger partial charge in [0.25, 0.3) is 0 Å². The highest BCUT2D eigenvalue weighted by Crippen LogP contribution is 2.43. The van der Waals surface area contributed by atoms with Gasteiger partial charge in [0.15, 0.2) is 11.5 Å². The van der Waals surface area contributed by atoms with Crippen LogP contribution in [0.2, 0.25) is 0 Å². The highest BCUT2D eigenvalue weighted by molar-refractivity contribution is 5.56. The number of hydrogen-bond acceptors (Lipinski definition) is 5. The van der Waals surface area contributed by atoms with Crippen LogP contribution in [0, 0.1) is 0 Å². The second kappa shape index (κ2) is 6.81. The lowest BCUT2D eigenvalue weighted by molar-refractivity contribution is 0.181. The molecule has 0 spiro atoms. The second-order valence-corrected chi connectivity index (χ2v) is 4.89. The second-order valence-electron chi connectivity index (χ2n) is 4.89. The lowest BCUT2D eigenvalue weighted by atomic mass is 10.0. The summed E-state index contributed by atoms with van der Waals surface area (Å²) in [5, 5.41) is 3.37. The van der Waals surface area contributed by atoms with E-state index in [1.54, 1.807) is 21.3 Å². The van der Waals surface area contributed by atoms with Crippen molar-refractivity contribution in [2.24, 2.45) is 0 Å². The van der Waals surface area contributed by atoms with Crippen molar-refractivity contribution in [1.29, 1.82) is 0 Å². The molecular formula is C15H24N2O3. The van der Waals surface area contributed by atoms with Crippen LogP contribution in [0.25, 0.3) is 0 Å². The van der Waals surface area contributed by atoms with E-state index in [1.807, 2.05) is 6.07 Å². The number of methoxy groups -OCH3 is 3. The summed E-state index contributed by atoms with van der Waals surface area (Å²) in [6.45, 7) is 6.34. The molecule has 1 aromatic rings. The molecule has 5 heteroatoms. The fourth-order valence-corrected chi connectivity index (χ4v) is 2.72. The van der Waals surface area contributed by atoms with E-state index in [1.165, 1.54) is 0 Å². The Hall–Kier alpha value is -1.46. The normalized spacial score (nSPS) is 17.6. The molecular weight excluding hydrogens is 256 g/mol. The van der Waals surface area contributed by atoms with Crippen LogP contribution in [0.1, 0.15) is 18.5 Å². The van der Waals surface area contributed by atoms with Crippen molar-refractivity contribution in [3.8, 4) is 17.2 Å². The monoisotopic (exact) mass is 280 g/mol. The largest absolute Gasteiger partial charge is 0.493 e. The molecule has 0 saturated carbocycles. The predicted molar refractivity (Wildman–Crippen MR) is 79.0 cm³/mol. The van der Waals surface area contributed by atoms with Crippen molar-refractivity contribution in [3.05, 3.63) is 17.7 Å². The zero-order chi connectivity index (χ0) is 14.5. The summed E-state index contributed by atoms with van der Waals surface area (Å²) >= 11 is 0. The van der Waals surface area contributed by atoms with Gasteiger partial charge in [-0.15, -0.1) is 0 Å². The maximum atomic E-state index is 5.57. The molecule has 1 heterocycles. The third kappa shape index (κ3) is 2.83. The first-order chi connectivity index (χ1) is 9.72. The molecule has 0 aromatic heterocycles. The number of nitrogens with zero attached hydrogens (tertiary/aromatic N) is 1. The van der Waals surface area contributed by atoms with E-state index in [2.05, 4.69) is 23.2 Å². The van der Waals surface area contributed by atoms with Crippen molar-refractivity contribution in [3.63, 3.8) is 0 Å². The molecule has 0 aliphatic carbocycles. The van der Waals surface area contributed by atoms with Crippen LogP contribution in [0.5, 0.6) is 17.2 Å². The topological polar surface area (TPSA) is 43.0 Å². The van der Waals surface area contributed by atoms with Crippen molar-refractivity contribution in [2.75, 3.05) is 47.5 Å². The fourth-order valence-electron chi connectivity index (χ4n) is 2.72. The van der Waals surface area contributed by atoms with Gasteiger partial charge >= 0.3 is 0 Å². The highest BCUT2D eigenvalue weighted by Gasteiger charge is 2.24. The summed E-state index contributed by atoms with van der Waals surface area (Å²) in [5.74, 6) is 2.12. The predicted octanol–water partition coefficient (Wildman–Crippen LogP) is 1.68. The lowest BCUT2D eigenvalue weighted by Crippen LogP contribution is -2.44. The van der Waals surface area contributed by atoms with E-state index >= 15 is 0 Å². The molecule has 0 amide bonds. The molecule has 20 heavy (non-hydrogen) atoms. The molecule has 1 saturated heterocycles. The first kappa shape index (κ1) is 14.9. The lowest BCUT2D eigenvalue weighted by Gasteiger charge is -2.34. The number of piperazine rings is 1. The molecule has 1 aliphatic heterocycles. The average molecular weight is 280 g/mol. The molecule has 112 valence electrons. The summed E-state index contributed by atoms with van der Waals surface area (Å²) < 4.78 is 16.4. The van der Waals surface area contributed by atoms with Gasteiger partial charge in [0.05, 0.1) is 21.3 Å². The van der Waals surface area contributed by atoms with Crippen LogP contribution in [-0.2, 0) is 0 Å². The van der Waals surface area contributed by atoms with Crippen LogP contribution in [-0.4, -0.2) is 52.4 Å². The first-order valence-corrected chi connectivity index (χ1v) is 6.96. The van der Waals surface area contributed by atoms with E-state index < -0.39 is 0 Å². The minimum absolute atomic E-state index is 0.284. The Morgan fingerprint density at radius 1 is 1.00 bits per heavy atom. The third-order valence-electron chi connectivity index (χ3n) is 3.88. The SMILES string of the molecule is COc1ccc([C@H](C)N2CCNCC2)c(OC)c1OC. The number of hydrogen-bond donors (Lipinski definition) is 1. The van der Waals surface area contributed by atoms with Gasteiger partial charge in [-0.25, -0.2) is 0 Å². The molecule has 2 rings (SSSR count). The zero-order valence-electron chi connectivity index (χ0n) is 12.7. The molecule has 1 N–H and O–H groups in total. The van der Waals surface area contributed by atoms with Crippen molar-refractivity contribution in [2.45, 2.75) is 13.0 Å². The Balaban J connectivity index is 2.34. The fraction of sp³-hybridized carbons (Fsp3) is 0.600. The third-order valence-corrected chi connectivity index (χ3v) is 3.88. The van der Waals surface area contributed by atoms with Crippen molar-refractivity contribution in [1.82, 2.24) is 10.2 Å². The maximum Gasteiger partial charge on any atom is 0.203 e. The van der Waals surface area contributed by atoms with Crippen LogP contribution in [0.4, 0.5) is 0 Å². The summed E-state index contributed by atoms with van der Waals surface area (Å²) in [6.07, 6.45) is 0. The van der Waals surface area contributed by atoms with Gasteiger partial charge in [0.1, 0.15) is 0 Å². The molecule has 0 unspecified atom stereocenters.